The normalized spacial score (nSPS) is 10.7. The van der Waals surface area contributed by atoms with Crippen molar-refractivity contribution in [3.63, 3.8) is 0 Å². The van der Waals surface area contributed by atoms with Crippen LogP contribution in [0.4, 0.5) is 11.4 Å². The van der Waals surface area contributed by atoms with Gasteiger partial charge < -0.3 is 19.5 Å². The first-order valence-corrected chi connectivity index (χ1v) is 7.88. The third-order valence-corrected chi connectivity index (χ3v) is 3.63. The molecule has 0 saturated carbocycles. The van der Waals surface area contributed by atoms with E-state index in [4.69, 9.17) is 14.2 Å². The van der Waals surface area contributed by atoms with Crippen molar-refractivity contribution in [2.45, 2.75) is 19.3 Å². The number of methoxy groups -OCH3 is 2. The SMILES string of the molecule is COC(CCNc1cc(OCc2ccccc2)ccc1[N+](=O)[O-])OC. The fourth-order valence-electron chi connectivity index (χ4n) is 2.30. The summed E-state index contributed by atoms with van der Waals surface area (Å²) in [5.41, 5.74) is 1.43. The Hall–Kier alpha value is -2.64. The number of hydrogen-bond donors (Lipinski definition) is 1. The number of anilines is 1. The molecule has 0 atom stereocenters. The molecule has 2 rings (SSSR count). The van der Waals surface area contributed by atoms with E-state index in [0.29, 0.717) is 31.0 Å². The summed E-state index contributed by atoms with van der Waals surface area (Å²) in [6.45, 7) is 0.864. The molecule has 134 valence electrons. The second-order valence-corrected chi connectivity index (χ2v) is 5.33. The van der Waals surface area contributed by atoms with Crippen molar-refractivity contribution >= 4 is 11.4 Å². The molecule has 0 aromatic heterocycles. The van der Waals surface area contributed by atoms with Gasteiger partial charge in [0.25, 0.3) is 5.69 Å². The topological polar surface area (TPSA) is 82.9 Å². The molecule has 1 N–H and O–H groups in total. The molecule has 0 bridgehead atoms. The van der Waals surface area contributed by atoms with Gasteiger partial charge in [0.05, 0.1) is 4.92 Å². The third kappa shape index (κ3) is 5.74. The van der Waals surface area contributed by atoms with E-state index in [1.54, 1.807) is 26.4 Å². The molecule has 7 nitrogen and oxygen atoms in total. The molecule has 0 unspecified atom stereocenters. The van der Waals surface area contributed by atoms with Crippen LogP contribution in [0.3, 0.4) is 0 Å². The molecule has 0 aliphatic rings. The molecular weight excluding hydrogens is 324 g/mol. The minimum absolute atomic E-state index is 0.00144. The monoisotopic (exact) mass is 346 g/mol. The summed E-state index contributed by atoms with van der Waals surface area (Å²) in [7, 11) is 3.10. The Kier molecular flexibility index (Phi) is 7.18. The zero-order valence-electron chi connectivity index (χ0n) is 14.3. The van der Waals surface area contributed by atoms with Crippen LogP contribution in [-0.2, 0) is 16.1 Å². The van der Waals surface area contributed by atoms with E-state index in [2.05, 4.69) is 5.32 Å². The Morgan fingerprint density at radius 1 is 1.12 bits per heavy atom. The molecule has 0 amide bonds. The summed E-state index contributed by atoms with van der Waals surface area (Å²) in [4.78, 5) is 10.8. The molecule has 25 heavy (non-hydrogen) atoms. The van der Waals surface area contributed by atoms with Gasteiger partial charge >= 0.3 is 0 Å². The fraction of sp³-hybridized carbons (Fsp3) is 0.333. The zero-order chi connectivity index (χ0) is 18.1. The van der Waals surface area contributed by atoms with Gasteiger partial charge in [-0.1, -0.05) is 30.3 Å². The van der Waals surface area contributed by atoms with Crippen molar-refractivity contribution in [1.82, 2.24) is 0 Å². The van der Waals surface area contributed by atoms with Crippen LogP contribution in [0.2, 0.25) is 0 Å². The van der Waals surface area contributed by atoms with Crippen LogP contribution in [0, 0.1) is 10.1 Å². The van der Waals surface area contributed by atoms with Crippen LogP contribution in [0.25, 0.3) is 0 Å². The highest BCUT2D eigenvalue weighted by molar-refractivity contribution is 5.64. The predicted octanol–water partition coefficient (Wildman–Crippen LogP) is 3.59. The van der Waals surface area contributed by atoms with E-state index in [9.17, 15) is 10.1 Å². The van der Waals surface area contributed by atoms with E-state index >= 15 is 0 Å². The molecule has 2 aromatic rings. The highest BCUT2D eigenvalue weighted by atomic mass is 16.7. The van der Waals surface area contributed by atoms with Crippen molar-refractivity contribution in [2.75, 3.05) is 26.1 Å². The Morgan fingerprint density at radius 3 is 2.48 bits per heavy atom. The summed E-state index contributed by atoms with van der Waals surface area (Å²) in [5.74, 6) is 0.562. The van der Waals surface area contributed by atoms with Crippen LogP contribution in [0.1, 0.15) is 12.0 Å². The molecule has 0 radical (unpaired) electrons. The van der Waals surface area contributed by atoms with Gasteiger partial charge in [-0.15, -0.1) is 0 Å². The Balaban J connectivity index is 2.03. The average molecular weight is 346 g/mol. The van der Waals surface area contributed by atoms with Gasteiger partial charge in [0.1, 0.15) is 18.0 Å². The van der Waals surface area contributed by atoms with Crippen LogP contribution in [0.15, 0.2) is 48.5 Å². The highest BCUT2D eigenvalue weighted by Gasteiger charge is 2.15. The summed E-state index contributed by atoms with van der Waals surface area (Å²) < 4.78 is 15.9. The van der Waals surface area contributed by atoms with Crippen LogP contribution < -0.4 is 10.1 Å². The number of ether oxygens (including phenoxy) is 3. The molecule has 0 aliphatic heterocycles. The lowest BCUT2D eigenvalue weighted by molar-refractivity contribution is -0.384. The number of benzene rings is 2. The van der Waals surface area contributed by atoms with E-state index in [0.717, 1.165) is 5.56 Å². The van der Waals surface area contributed by atoms with E-state index in [1.165, 1.54) is 6.07 Å². The number of nitro groups is 1. The first-order valence-electron chi connectivity index (χ1n) is 7.88. The largest absolute Gasteiger partial charge is 0.489 e. The molecule has 0 spiro atoms. The molecule has 2 aromatic carbocycles. The Morgan fingerprint density at radius 2 is 1.84 bits per heavy atom. The first kappa shape index (κ1) is 18.7. The highest BCUT2D eigenvalue weighted by Crippen LogP contribution is 2.29. The minimum atomic E-state index is -0.423. The van der Waals surface area contributed by atoms with Crippen molar-refractivity contribution in [3.05, 3.63) is 64.2 Å². The van der Waals surface area contributed by atoms with Crippen LogP contribution in [-0.4, -0.2) is 32.0 Å². The Bertz CT molecular complexity index is 674. The molecule has 0 fully saturated rings. The van der Waals surface area contributed by atoms with Gasteiger partial charge in [0.2, 0.25) is 0 Å². The number of hydrogen-bond acceptors (Lipinski definition) is 6. The standard InChI is InChI=1S/C18H22N2O5/c1-23-18(24-2)10-11-19-16-12-15(8-9-17(16)20(21)22)25-13-14-6-4-3-5-7-14/h3-9,12,18-19H,10-11,13H2,1-2H3. The minimum Gasteiger partial charge on any atom is -0.489 e. The fourth-order valence-corrected chi connectivity index (χ4v) is 2.30. The van der Waals surface area contributed by atoms with E-state index in [1.807, 2.05) is 30.3 Å². The maximum atomic E-state index is 11.2. The Labute approximate surface area is 146 Å². The number of nitro benzene ring substituents is 1. The lowest BCUT2D eigenvalue weighted by Gasteiger charge is -2.14. The second kappa shape index (κ2) is 9.61. The quantitative estimate of drug-likeness (QED) is 0.402. The second-order valence-electron chi connectivity index (χ2n) is 5.33. The van der Waals surface area contributed by atoms with Gasteiger partial charge in [-0.3, -0.25) is 10.1 Å². The number of nitrogens with zero attached hydrogens (tertiary/aromatic N) is 1. The summed E-state index contributed by atoms with van der Waals surface area (Å²) >= 11 is 0. The van der Waals surface area contributed by atoms with Crippen molar-refractivity contribution in [1.29, 1.82) is 0 Å². The molecule has 0 heterocycles. The van der Waals surface area contributed by atoms with Gasteiger partial charge in [-0.2, -0.15) is 0 Å². The maximum Gasteiger partial charge on any atom is 0.292 e. The van der Waals surface area contributed by atoms with Crippen LogP contribution in [0.5, 0.6) is 5.75 Å². The van der Waals surface area contributed by atoms with Gasteiger partial charge in [-0.05, 0) is 11.6 Å². The van der Waals surface area contributed by atoms with Gasteiger partial charge in [0, 0.05) is 39.3 Å². The summed E-state index contributed by atoms with van der Waals surface area (Å²) in [6, 6.07) is 14.4. The van der Waals surface area contributed by atoms with Crippen molar-refractivity contribution in [3.8, 4) is 5.75 Å². The van der Waals surface area contributed by atoms with Gasteiger partial charge in [-0.25, -0.2) is 0 Å². The number of nitrogens with one attached hydrogen (secondary N) is 1. The summed E-state index contributed by atoms with van der Waals surface area (Å²) in [5, 5.41) is 14.2. The molecule has 0 saturated heterocycles. The maximum absolute atomic E-state index is 11.2. The average Bonchev–Trinajstić information content (AvgIpc) is 2.64. The van der Waals surface area contributed by atoms with Crippen LogP contribution >= 0.6 is 0 Å². The molecule has 7 heteroatoms. The van der Waals surface area contributed by atoms with Crippen molar-refractivity contribution < 1.29 is 19.1 Å². The molecule has 0 aliphatic carbocycles. The molecular formula is C18H22N2O5. The smallest absolute Gasteiger partial charge is 0.292 e. The zero-order valence-corrected chi connectivity index (χ0v) is 14.3. The number of rotatable bonds is 10. The van der Waals surface area contributed by atoms with Crippen molar-refractivity contribution in [2.24, 2.45) is 0 Å². The summed E-state index contributed by atoms with van der Waals surface area (Å²) in [6.07, 6.45) is 0.197. The predicted molar refractivity (Wildman–Crippen MR) is 94.8 cm³/mol. The van der Waals surface area contributed by atoms with Gasteiger partial charge in [0.15, 0.2) is 6.29 Å². The lowest BCUT2D eigenvalue weighted by atomic mass is 10.2. The van der Waals surface area contributed by atoms with E-state index in [-0.39, 0.29) is 12.0 Å². The lowest BCUT2D eigenvalue weighted by Crippen LogP contribution is -2.18. The first-order chi connectivity index (χ1) is 12.1. The third-order valence-electron chi connectivity index (χ3n) is 3.63. The van der Waals surface area contributed by atoms with E-state index < -0.39 is 4.92 Å².